The number of carbonyl (C=O) groups is 2. The van der Waals surface area contributed by atoms with Gasteiger partial charge in [0.2, 0.25) is 5.91 Å². The van der Waals surface area contributed by atoms with Crippen LogP contribution in [0.1, 0.15) is 22.8 Å². The van der Waals surface area contributed by atoms with Crippen molar-refractivity contribution in [3.8, 4) is 11.5 Å². The third-order valence-electron chi connectivity index (χ3n) is 3.86. The second kappa shape index (κ2) is 9.58. The maximum Gasteiger partial charge on any atom is 0.237 e. The average Bonchev–Trinajstić information content (AvgIpc) is 2.67. The first-order valence-electron chi connectivity index (χ1n) is 8.45. The molecule has 0 aliphatic heterocycles. The molecule has 0 aromatic heterocycles. The van der Waals surface area contributed by atoms with Crippen LogP contribution in [0.25, 0.3) is 0 Å². The van der Waals surface area contributed by atoms with Gasteiger partial charge >= 0.3 is 0 Å². The summed E-state index contributed by atoms with van der Waals surface area (Å²) in [5.41, 5.74) is 7.36. The Morgan fingerprint density at radius 2 is 1.65 bits per heavy atom. The average molecular weight is 356 g/mol. The highest BCUT2D eigenvalue weighted by Crippen LogP contribution is 2.13. The number of nitrogens with one attached hydrogen (secondary N) is 1. The van der Waals surface area contributed by atoms with Crippen LogP contribution in [-0.2, 0) is 11.2 Å². The van der Waals surface area contributed by atoms with Gasteiger partial charge in [-0.25, -0.2) is 0 Å². The van der Waals surface area contributed by atoms with Crippen molar-refractivity contribution in [3.63, 3.8) is 0 Å². The number of hydrogen-bond donors (Lipinski definition) is 2. The summed E-state index contributed by atoms with van der Waals surface area (Å²) in [7, 11) is 1.59. The lowest BCUT2D eigenvalue weighted by molar-refractivity contribution is -0.122. The zero-order valence-corrected chi connectivity index (χ0v) is 15.0. The first-order valence-corrected chi connectivity index (χ1v) is 8.45. The standard InChI is InChI=1S/C20H24N2O4/c1-3-26-17-10-6-15(7-11-17)19(23)13-22-20(24)18(21)12-14-4-8-16(25-2)9-5-14/h4-11,18H,3,12-13,21H2,1-2H3,(H,22,24)/t18-/m0/s1. The largest absolute Gasteiger partial charge is 0.497 e. The second-order valence-corrected chi connectivity index (χ2v) is 5.76. The number of Topliss-reactive ketones (excluding diaryl/α,β-unsaturated/α-hetero) is 1. The van der Waals surface area contributed by atoms with Crippen molar-refractivity contribution in [1.29, 1.82) is 0 Å². The van der Waals surface area contributed by atoms with Crippen LogP contribution >= 0.6 is 0 Å². The monoisotopic (exact) mass is 356 g/mol. The van der Waals surface area contributed by atoms with Gasteiger partial charge in [-0.15, -0.1) is 0 Å². The molecule has 0 spiro atoms. The molecule has 0 radical (unpaired) electrons. The lowest BCUT2D eigenvalue weighted by Gasteiger charge is -2.12. The summed E-state index contributed by atoms with van der Waals surface area (Å²) in [5, 5.41) is 2.59. The molecule has 3 N–H and O–H groups in total. The molecule has 2 aromatic carbocycles. The van der Waals surface area contributed by atoms with Gasteiger partial charge in [0.25, 0.3) is 0 Å². The summed E-state index contributed by atoms with van der Waals surface area (Å²) in [5.74, 6) is 0.903. The Morgan fingerprint density at radius 1 is 1.04 bits per heavy atom. The van der Waals surface area contributed by atoms with Crippen molar-refractivity contribution in [2.75, 3.05) is 20.3 Å². The molecule has 0 saturated heterocycles. The Kier molecular flexibility index (Phi) is 7.17. The lowest BCUT2D eigenvalue weighted by atomic mass is 10.1. The molecule has 0 fully saturated rings. The van der Waals surface area contributed by atoms with E-state index < -0.39 is 6.04 Å². The van der Waals surface area contributed by atoms with Crippen molar-refractivity contribution in [3.05, 3.63) is 59.7 Å². The first kappa shape index (κ1) is 19.5. The van der Waals surface area contributed by atoms with Crippen molar-refractivity contribution in [1.82, 2.24) is 5.32 Å². The van der Waals surface area contributed by atoms with Crippen molar-refractivity contribution >= 4 is 11.7 Å². The third kappa shape index (κ3) is 5.60. The fourth-order valence-corrected chi connectivity index (χ4v) is 2.41. The van der Waals surface area contributed by atoms with Crippen LogP contribution in [0, 0.1) is 0 Å². The van der Waals surface area contributed by atoms with E-state index in [1.807, 2.05) is 31.2 Å². The van der Waals surface area contributed by atoms with Gasteiger partial charge in [0.05, 0.1) is 26.3 Å². The molecule has 1 amide bonds. The third-order valence-corrected chi connectivity index (χ3v) is 3.86. The predicted octanol–water partition coefficient (Wildman–Crippen LogP) is 1.96. The van der Waals surface area contributed by atoms with Crippen molar-refractivity contribution in [2.24, 2.45) is 5.73 Å². The van der Waals surface area contributed by atoms with Crippen LogP contribution < -0.4 is 20.5 Å². The van der Waals surface area contributed by atoms with E-state index in [2.05, 4.69) is 5.32 Å². The molecule has 0 aliphatic rings. The minimum absolute atomic E-state index is 0.0941. The molecule has 0 aliphatic carbocycles. The number of amides is 1. The Labute approximate surface area is 153 Å². The van der Waals surface area contributed by atoms with Crippen molar-refractivity contribution < 1.29 is 19.1 Å². The van der Waals surface area contributed by atoms with Crippen LogP contribution in [0.2, 0.25) is 0 Å². The van der Waals surface area contributed by atoms with E-state index in [0.717, 1.165) is 11.3 Å². The van der Waals surface area contributed by atoms with Crippen LogP contribution in [-0.4, -0.2) is 38.0 Å². The number of hydrogen-bond acceptors (Lipinski definition) is 5. The van der Waals surface area contributed by atoms with Gasteiger partial charge in [-0.05, 0) is 55.3 Å². The normalized spacial score (nSPS) is 11.5. The highest BCUT2D eigenvalue weighted by Gasteiger charge is 2.15. The predicted molar refractivity (Wildman–Crippen MR) is 99.6 cm³/mol. The quantitative estimate of drug-likeness (QED) is 0.670. The maximum atomic E-state index is 12.2. The lowest BCUT2D eigenvalue weighted by Crippen LogP contribution is -2.43. The molecule has 26 heavy (non-hydrogen) atoms. The molecule has 0 unspecified atom stereocenters. The van der Waals surface area contributed by atoms with Gasteiger partial charge in [-0.2, -0.15) is 0 Å². The molecule has 2 aromatic rings. The SMILES string of the molecule is CCOc1ccc(C(=O)CNC(=O)[C@@H](N)Cc2ccc(OC)cc2)cc1. The number of rotatable bonds is 9. The number of carbonyl (C=O) groups excluding carboxylic acids is 2. The number of ether oxygens (including phenoxy) is 2. The van der Waals surface area contributed by atoms with Crippen LogP contribution in [0.4, 0.5) is 0 Å². The van der Waals surface area contributed by atoms with Crippen molar-refractivity contribution in [2.45, 2.75) is 19.4 Å². The second-order valence-electron chi connectivity index (χ2n) is 5.76. The molecule has 6 nitrogen and oxygen atoms in total. The summed E-state index contributed by atoms with van der Waals surface area (Å²) in [4.78, 5) is 24.3. The van der Waals surface area contributed by atoms with E-state index in [-0.39, 0.29) is 18.2 Å². The van der Waals surface area contributed by atoms with E-state index in [9.17, 15) is 9.59 Å². The fourth-order valence-electron chi connectivity index (χ4n) is 2.41. The minimum Gasteiger partial charge on any atom is -0.497 e. The summed E-state index contributed by atoms with van der Waals surface area (Å²) >= 11 is 0. The molecule has 1 atom stereocenters. The Balaban J connectivity index is 1.83. The summed E-state index contributed by atoms with van der Waals surface area (Å²) < 4.78 is 10.4. The molecule has 6 heteroatoms. The minimum atomic E-state index is -0.725. The number of benzene rings is 2. The Hall–Kier alpha value is -2.86. The van der Waals surface area contributed by atoms with E-state index in [0.29, 0.717) is 24.3 Å². The summed E-state index contributed by atoms with van der Waals surface area (Å²) in [6.45, 7) is 2.36. The van der Waals surface area contributed by atoms with Gasteiger partial charge in [0.1, 0.15) is 11.5 Å². The zero-order valence-electron chi connectivity index (χ0n) is 15.0. The van der Waals surface area contributed by atoms with Gasteiger partial charge in [-0.3, -0.25) is 9.59 Å². The first-order chi connectivity index (χ1) is 12.5. The molecule has 0 saturated carbocycles. The van der Waals surface area contributed by atoms with Gasteiger partial charge in [0, 0.05) is 5.56 Å². The molecule has 0 heterocycles. The summed E-state index contributed by atoms with van der Waals surface area (Å²) in [6.07, 6.45) is 0.382. The van der Waals surface area contributed by atoms with E-state index in [1.54, 1.807) is 31.4 Å². The van der Waals surface area contributed by atoms with Gasteiger partial charge < -0.3 is 20.5 Å². The topological polar surface area (TPSA) is 90.7 Å². The molecular weight excluding hydrogens is 332 g/mol. The highest BCUT2D eigenvalue weighted by molar-refractivity contribution is 5.99. The van der Waals surface area contributed by atoms with E-state index in [1.165, 1.54) is 0 Å². The molecular formula is C20H24N2O4. The Bertz CT molecular complexity index is 726. The van der Waals surface area contributed by atoms with Crippen LogP contribution in [0.15, 0.2) is 48.5 Å². The molecule has 138 valence electrons. The summed E-state index contributed by atoms with van der Waals surface area (Å²) in [6, 6.07) is 13.4. The zero-order chi connectivity index (χ0) is 18.9. The number of nitrogens with two attached hydrogens (primary N) is 1. The van der Waals surface area contributed by atoms with E-state index >= 15 is 0 Å². The molecule has 0 bridgehead atoms. The number of methoxy groups -OCH3 is 1. The van der Waals surface area contributed by atoms with Gasteiger partial charge in [-0.1, -0.05) is 12.1 Å². The highest BCUT2D eigenvalue weighted by atomic mass is 16.5. The Morgan fingerprint density at radius 3 is 2.23 bits per heavy atom. The van der Waals surface area contributed by atoms with Gasteiger partial charge in [0.15, 0.2) is 5.78 Å². The number of ketones is 1. The smallest absolute Gasteiger partial charge is 0.237 e. The van der Waals surface area contributed by atoms with Crippen LogP contribution in [0.3, 0.4) is 0 Å². The van der Waals surface area contributed by atoms with E-state index in [4.69, 9.17) is 15.2 Å². The maximum absolute atomic E-state index is 12.2. The molecule has 2 rings (SSSR count). The fraction of sp³-hybridized carbons (Fsp3) is 0.300. The van der Waals surface area contributed by atoms with Crippen LogP contribution in [0.5, 0.6) is 11.5 Å².